The molecule has 0 amide bonds. The van der Waals surface area contributed by atoms with Crippen molar-refractivity contribution in [2.24, 2.45) is 5.92 Å². The van der Waals surface area contributed by atoms with Crippen molar-refractivity contribution < 1.29 is 24.2 Å². The number of rotatable bonds is 11. The molecule has 1 atom stereocenters. The number of esters is 2. The molecule has 0 bridgehead atoms. The first kappa shape index (κ1) is 19.9. The van der Waals surface area contributed by atoms with Gasteiger partial charge in [0.25, 0.3) is 0 Å². The Morgan fingerprint density at radius 2 is 1.43 bits per heavy atom. The van der Waals surface area contributed by atoms with Crippen LogP contribution in [0.25, 0.3) is 0 Å². The molecule has 21 heavy (non-hydrogen) atoms. The van der Waals surface area contributed by atoms with Gasteiger partial charge in [-0.3, -0.25) is 9.59 Å². The Labute approximate surface area is 128 Å². The predicted molar refractivity (Wildman–Crippen MR) is 80.8 cm³/mol. The molecule has 0 aromatic rings. The lowest BCUT2D eigenvalue weighted by atomic mass is 9.84. The first-order valence-electron chi connectivity index (χ1n) is 7.96. The van der Waals surface area contributed by atoms with E-state index in [9.17, 15) is 14.7 Å². The third kappa shape index (κ3) is 7.46. The lowest BCUT2D eigenvalue weighted by Crippen LogP contribution is -2.46. The normalized spacial score (nSPS) is 13.8. The van der Waals surface area contributed by atoms with Gasteiger partial charge in [0.1, 0.15) is 0 Å². The molecule has 0 aliphatic rings. The minimum atomic E-state index is -1.44. The van der Waals surface area contributed by atoms with E-state index in [-0.39, 0.29) is 13.2 Å². The van der Waals surface area contributed by atoms with E-state index < -0.39 is 23.5 Å². The van der Waals surface area contributed by atoms with Gasteiger partial charge in [-0.05, 0) is 27.2 Å². The minimum absolute atomic E-state index is 0.168. The molecule has 0 rings (SSSR count). The Bertz CT molecular complexity index is 294. The van der Waals surface area contributed by atoms with Crippen LogP contribution in [0.2, 0.25) is 0 Å². The Hall–Kier alpha value is -1.10. The highest BCUT2D eigenvalue weighted by Crippen LogP contribution is 2.27. The van der Waals surface area contributed by atoms with Crippen LogP contribution in [0.15, 0.2) is 0 Å². The van der Waals surface area contributed by atoms with E-state index in [1.165, 1.54) is 6.92 Å². The van der Waals surface area contributed by atoms with Gasteiger partial charge in [-0.2, -0.15) is 0 Å². The smallest absolute Gasteiger partial charge is 0.323 e. The maximum Gasteiger partial charge on any atom is 0.323 e. The zero-order valence-electron chi connectivity index (χ0n) is 13.8. The fourth-order valence-electron chi connectivity index (χ4n) is 2.29. The number of ether oxygens (including phenoxy) is 2. The van der Waals surface area contributed by atoms with Crippen LogP contribution in [0.5, 0.6) is 0 Å². The number of carbonyl (C=O) groups is 2. The van der Waals surface area contributed by atoms with Gasteiger partial charge in [-0.1, -0.05) is 39.0 Å². The van der Waals surface area contributed by atoms with Crippen molar-refractivity contribution in [3.8, 4) is 0 Å². The summed E-state index contributed by atoms with van der Waals surface area (Å²) in [5, 5.41) is 10.5. The van der Waals surface area contributed by atoms with Gasteiger partial charge >= 0.3 is 11.9 Å². The molecular weight excluding hydrogens is 272 g/mol. The summed E-state index contributed by atoms with van der Waals surface area (Å²) < 4.78 is 9.81. The molecule has 1 N–H and O–H groups in total. The Balaban J connectivity index is 4.69. The maximum atomic E-state index is 12.0. The van der Waals surface area contributed by atoms with Crippen molar-refractivity contribution in [1.82, 2.24) is 0 Å². The zero-order chi connectivity index (χ0) is 16.3. The third-order valence-electron chi connectivity index (χ3n) is 3.45. The molecule has 0 heterocycles. The van der Waals surface area contributed by atoms with Crippen LogP contribution in [-0.2, 0) is 19.1 Å². The molecule has 0 aliphatic heterocycles. The summed E-state index contributed by atoms with van der Waals surface area (Å²) in [6.07, 6.45) is 5.51. The van der Waals surface area contributed by atoms with Gasteiger partial charge in [0.05, 0.1) is 18.8 Å². The van der Waals surface area contributed by atoms with E-state index in [0.717, 1.165) is 32.1 Å². The van der Waals surface area contributed by atoms with E-state index in [0.29, 0.717) is 6.42 Å². The van der Waals surface area contributed by atoms with Crippen LogP contribution in [-0.4, -0.2) is 35.9 Å². The molecule has 124 valence electrons. The fourth-order valence-corrected chi connectivity index (χ4v) is 2.29. The molecule has 0 radical (unpaired) electrons. The molecule has 0 saturated heterocycles. The van der Waals surface area contributed by atoms with Gasteiger partial charge in [0.2, 0.25) is 0 Å². The monoisotopic (exact) mass is 302 g/mol. The average molecular weight is 302 g/mol. The van der Waals surface area contributed by atoms with E-state index >= 15 is 0 Å². The van der Waals surface area contributed by atoms with Crippen LogP contribution in [0.1, 0.15) is 66.2 Å². The van der Waals surface area contributed by atoms with Gasteiger partial charge in [0, 0.05) is 0 Å². The van der Waals surface area contributed by atoms with Gasteiger partial charge < -0.3 is 14.6 Å². The standard InChI is InChI=1S/C16H30O5/c1-5-8-9-10-11-12-16(4,19)13(14(17)20-6-2)15(18)21-7-3/h13,19H,5-12H2,1-4H3. The highest BCUT2D eigenvalue weighted by molar-refractivity contribution is 5.96. The molecule has 1 unspecified atom stereocenters. The highest BCUT2D eigenvalue weighted by Gasteiger charge is 2.44. The molecule has 0 spiro atoms. The summed E-state index contributed by atoms with van der Waals surface area (Å²) in [6.45, 7) is 7.31. The van der Waals surface area contributed by atoms with Gasteiger partial charge in [-0.15, -0.1) is 0 Å². The van der Waals surface area contributed by atoms with E-state index in [1.807, 2.05) is 0 Å². The van der Waals surface area contributed by atoms with Crippen molar-refractivity contribution in [2.45, 2.75) is 71.8 Å². The SMILES string of the molecule is CCCCCCCC(C)(O)C(C(=O)OCC)C(=O)OCC. The topological polar surface area (TPSA) is 72.8 Å². The van der Waals surface area contributed by atoms with Crippen molar-refractivity contribution in [3.63, 3.8) is 0 Å². The highest BCUT2D eigenvalue weighted by atomic mass is 16.6. The van der Waals surface area contributed by atoms with Gasteiger partial charge in [0.15, 0.2) is 5.92 Å². The fraction of sp³-hybridized carbons (Fsp3) is 0.875. The molecular formula is C16H30O5. The summed E-state index contributed by atoms with van der Waals surface area (Å²) >= 11 is 0. The quantitative estimate of drug-likeness (QED) is 0.361. The summed E-state index contributed by atoms with van der Waals surface area (Å²) in [7, 11) is 0. The Kier molecular flexibility index (Phi) is 10.0. The number of hydrogen-bond acceptors (Lipinski definition) is 5. The van der Waals surface area contributed by atoms with Crippen LogP contribution in [0.3, 0.4) is 0 Å². The van der Waals surface area contributed by atoms with Crippen molar-refractivity contribution in [3.05, 3.63) is 0 Å². The molecule has 0 aromatic carbocycles. The second-order valence-corrected chi connectivity index (χ2v) is 5.46. The summed E-state index contributed by atoms with van der Waals surface area (Å²) in [5.41, 5.74) is -1.44. The van der Waals surface area contributed by atoms with Crippen LogP contribution in [0, 0.1) is 5.92 Å². The third-order valence-corrected chi connectivity index (χ3v) is 3.45. The first-order chi connectivity index (χ1) is 9.90. The molecule has 5 heteroatoms. The zero-order valence-corrected chi connectivity index (χ0v) is 13.8. The van der Waals surface area contributed by atoms with Crippen LogP contribution in [0.4, 0.5) is 0 Å². The summed E-state index contributed by atoms with van der Waals surface area (Å²) in [6, 6.07) is 0. The van der Waals surface area contributed by atoms with E-state index in [2.05, 4.69) is 6.92 Å². The Morgan fingerprint density at radius 3 is 1.86 bits per heavy atom. The lowest BCUT2D eigenvalue weighted by Gasteiger charge is -2.29. The predicted octanol–water partition coefficient (Wildman–Crippen LogP) is 2.84. The first-order valence-corrected chi connectivity index (χ1v) is 7.96. The van der Waals surface area contributed by atoms with E-state index in [1.54, 1.807) is 13.8 Å². The van der Waals surface area contributed by atoms with Crippen molar-refractivity contribution in [1.29, 1.82) is 0 Å². The van der Waals surface area contributed by atoms with Crippen LogP contribution >= 0.6 is 0 Å². The number of hydrogen-bond donors (Lipinski definition) is 1. The largest absolute Gasteiger partial charge is 0.465 e. The maximum absolute atomic E-state index is 12.0. The number of aliphatic hydroxyl groups is 1. The molecule has 0 aliphatic carbocycles. The van der Waals surface area contributed by atoms with E-state index in [4.69, 9.17) is 9.47 Å². The average Bonchev–Trinajstić information content (AvgIpc) is 2.38. The molecule has 5 nitrogen and oxygen atoms in total. The lowest BCUT2D eigenvalue weighted by molar-refractivity contribution is -0.174. The van der Waals surface area contributed by atoms with Crippen molar-refractivity contribution in [2.75, 3.05) is 13.2 Å². The summed E-state index contributed by atoms with van der Waals surface area (Å²) in [4.78, 5) is 23.9. The second-order valence-electron chi connectivity index (χ2n) is 5.46. The summed E-state index contributed by atoms with van der Waals surface area (Å²) in [5.74, 6) is -2.70. The molecule has 0 aromatic heterocycles. The van der Waals surface area contributed by atoms with Crippen molar-refractivity contribution >= 4 is 11.9 Å². The Morgan fingerprint density at radius 1 is 0.952 bits per heavy atom. The molecule has 0 fully saturated rings. The minimum Gasteiger partial charge on any atom is -0.465 e. The second kappa shape index (κ2) is 10.6. The number of unbranched alkanes of at least 4 members (excludes halogenated alkanes) is 4. The molecule has 0 saturated carbocycles. The van der Waals surface area contributed by atoms with Crippen LogP contribution < -0.4 is 0 Å². The number of carbonyl (C=O) groups excluding carboxylic acids is 2. The van der Waals surface area contributed by atoms with Gasteiger partial charge in [-0.25, -0.2) is 0 Å².